The van der Waals surface area contributed by atoms with Crippen molar-refractivity contribution in [3.8, 4) is 11.1 Å². The minimum absolute atomic E-state index is 0.0291. The number of carboxylic acids is 1. The lowest BCUT2D eigenvalue weighted by atomic mass is 9.95. The summed E-state index contributed by atoms with van der Waals surface area (Å²) < 4.78 is 38.6. The van der Waals surface area contributed by atoms with Crippen LogP contribution in [0, 0.1) is 6.92 Å². The third-order valence-corrected chi connectivity index (χ3v) is 3.69. The molecule has 4 nitrogen and oxygen atoms in total. The average Bonchev–Trinajstić information content (AvgIpc) is 2.45. The van der Waals surface area contributed by atoms with Gasteiger partial charge in [0.25, 0.3) is 0 Å². The number of alkyl halides is 3. The van der Waals surface area contributed by atoms with E-state index in [9.17, 15) is 27.9 Å². The minimum atomic E-state index is -4.55. The second-order valence-corrected chi connectivity index (χ2v) is 5.78. The van der Waals surface area contributed by atoms with Gasteiger partial charge in [0.15, 0.2) is 0 Å². The van der Waals surface area contributed by atoms with Gasteiger partial charge in [0.2, 0.25) is 5.43 Å². The van der Waals surface area contributed by atoms with Crippen molar-refractivity contribution in [2.75, 3.05) is 0 Å². The highest BCUT2D eigenvalue weighted by Gasteiger charge is 2.31. The van der Waals surface area contributed by atoms with Crippen LogP contribution < -0.4 is 5.43 Å². The second-order valence-electron chi connectivity index (χ2n) is 5.78. The van der Waals surface area contributed by atoms with Crippen molar-refractivity contribution in [3.63, 3.8) is 0 Å². The van der Waals surface area contributed by atoms with E-state index < -0.39 is 28.7 Å². The molecular formula is C17H16F3NO3. The van der Waals surface area contributed by atoms with Gasteiger partial charge in [0, 0.05) is 17.0 Å². The fraction of sp³-hybridized carbons (Fsp3) is 0.294. The predicted octanol–water partition coefficient (Wildman–Crippen LogP) is 4.19. The van der Waals surface area contributed by atoms with Crippen LogP contribution >= 0.6 is 0 Å². The quantitative estimate of drug-likeness (QED) is 0.881. The SMILES string of the molecule is Cc1[nH]c(C(C)C)c(C(=O)O)c(=O)c1-c1cccc(C(F)(F)F)c1. The smallest absolute Gasteiger partial charge is 0.416 e. The first-order chi connectivity index (χ1) is 11.0. The molecule has 1 aromatic carbocycles. The highest BCUT2D eigenvalue weighted by Crippen LogP contribution is 2.32. The number of hydrogen-bond acceptors (Lipinski definition) is 2. The van der Waals surface area contributed by atoms with Gasteiger partial charge in [-0.2, -0.15) is 13.2 Å². The highest BCUT2D eigenvalue weighted by atomic mass is 19.4. The lowest BCUT2D eigenvalue weighted by molar-refractivity contribution is -0.137. The number of carboxylic acid groups (broad SMARTS) is 1. The molecule has 0 aliphatic heterocycles. The Morgan fingerprint density at radius 1 is 1.25 bits per heavy atom. The maximum absolute atomic E-state index is 12.9. The first-order valence-corrected chi connectivity index (χ1v) is 7.21. The Hall–Kier alpha value is -2.57. The molecule has 0 bridgehead atoms. The molecule has 2 N–H and O–H groups in total. The van der Waals surface area contributed by atoms with Gasteiger partial charge in [-0.1, -0.05) is 26.0 Å². The standard InChI is InChI=1S/C17H16F3NO3/c1-8(2)14-13(16(23)24)15(22)12(9(3)21-14)10-5-4-6-11(7-10)17(18,19)20/h4-8H,1-3H3,(H,21,22)(H,23,24). The molecule has 1 aromatic heterocycles. The van der Waals surface area contributed by atoms with E-state index in [1.54, 1.807) is 13.8 Å². The molecule has 0 unspecified atom stereocenters. The summed E-state index contributed by atoms with van der Waals surface area (Å²) in [5.41, 5.74) is -1.59. The van der Waals surface area contributed by atoms with Crippen molar-refractivity contribution in [1.82, 2.24) is 4.98 Å². The van der Waals surface area contributed by atoms with Gasteiger partial charge < -0.3 is 10.1 Å². The Morgan fingerprint density at radius 3 is 2.38 bits per heavy atom. The molecule has 2 aromatic rings. The van der Waals surface area contributed by atoms with E-state index in [-0.39, 0.29) is 22.7 Å². The Kier molecular flexibility index (Phi) is 4.55. The number of carbonyl (C=O) groups is 1. The van der Waals surface area contributed by atoms with Crippen molar-refractivity contribution in [2.45, 2.75) is 32.9 Å². The number of hydrogen-bond donors (Lipinski definition) is 2. The van der Waals surface area contributed by atoms with Gasteiger partial charge >= 0.3 is 12.1 Å². The molecule has 1 heterocycles. The monoisotopic (exact) mass is 339 g/mol. The van der Waals surface area contributed by atoms with Crippen LogP contribution in [-0.2, 0) is 6.18 Å². The summed E-state index contributed by atoms with van der Waals surface area (Å²) in [6.07, 6.45) is -4.55. The molecule has 24 heavy (non-hydrogen) atoms. The number of aromatic nitrogens is 1. The van der Waals surface area contributed by atoms with Gasteiger partial charge in [0.05, 0.1) is 5.56 Å². The van der Waals surface area contributed by atoms with E-state index in [1.807, 2.05) is 0 Å². The van der Waals surface area contributed by atoms with Crippen LogP contribution in [0.4, 0.5) is 13.2 Å². The van der Waals surface area contributed by atoms with Crippen molar-refractivity contribution >= 4 is 5.97 Å². The Labute approximate surface area is 136 Å². The number of halogens is 3. The zero-order valence-electron chi connectivity index (χ0n) is 13.3. The summed E-state index contributed by atoms with van der Waals surface area (Å²) in [4.78, 5) is 27.0. The Bertz CT molecular complexity index is 851. The highest BCUT2D eigenvalue weighted by molar-refractivity contribution is 5.91. The number of H-pyrrole nitrogens is 1. The topological polar surface area (TPSA) is 70.2 Å². The molecule has 0 amide bonds. The van der Waals surface area contributed by atoms with Gasteiger partial charge in [-0.3, -0.25) is 4.79 Å². The van der Waals surface area contributed by atoms with Gasteiger partial charge in [-0.25, -0.2) is 4.79 Å². The van der Waals surface area contributed by atoms with Crippen molar-refractivity contribution in [1.29, 1.82) is 0 Å². The third-order valence-electron chi connectivity index (χ3n) is 3.69. The fourth-order valence-electron chi connectivity index (χ4n) is 2.59. The van der Waals surface area contributed by atoms with Gasteiger partial charge in [-0.15, -0.1) is 0 Å². The van der Waals surface area contributed by atoms with Crippen LogP contribution in [-0.4, -0.2) is 16.1 Å². The minimum Gasteiger partial charge on any atom is -0.477 e. The zero-order chi connectivity index (χ0) is 18.2. The average molecular weight is 339 g/mol. The molecule has 0 fully saturated rings. The third kappa shape index (κ3) is 3.20. The van der Waals surface area contributed by atoms with Gasteiger partial charge in [0.1, 0.15) is 5.56 Å². The lowest BCUT2D eigenvalue weighted by Gasteiger charge is -2.15. The van der Waals surface area contributed by atoms with Crippen LogP contribution in [0.1, 0.15) is 47.1 Å². The van der Waals surface area contributed by atoms with Gasteiger partial charge in [-0.05, 0) is 30.5 Å². The number of rotatable bonds is 3. The molecule has 0 saturated carbocycles. The van der Waals surface area contributed by atoms with E-state index in [4.69, 9.17) is 0 Å². The fourth-order valence-corrected chi connectivity index (χ4v) is 2.59. The molecule has 128 valence electrons. The second kappa shape index (κ2) is 6.14. The van der Waals surface area contributed by atoms with Crippen molar-refractivity contribution < 1.29 is 23.1 Å². The first kappa shape index (κ1) is 17.8. The molecular weight excluding hydrogens is 323 g/mol. The van der Waals surface area contributed by atoms with Crippen molar-refractivity contribution in [2.24, 2.45) is 0 Å². The summed E-state index contributed by atoms with van der Waals surface area (Å²) in [6.45, 7) is 4.98. The molecule has 0 atom stereocenters. The number of pyridine rings is 1. The van der Waals surface area contributed by atoms with E-state index >= 15 is 0 Å². The van der Waals surface area contributed by atoms with Crippen LogP contribution in [0.25, 0.3) is 11.1 Å². The maximum atomic E-state index is 12.9. The normalized spacial score (nSPS) is 11.8. The van der Waals surface area contributed by atoms with Crippen LogP contribution in [0.15, 0.2) is 29.1 Å². The molecule has 0 aliphatic rings. The van der Waals surface area contributed by atoms with E-state index in [2.05, 4.69) is 4.98 Å². The van der Waals surface area contributed by atoms with Crippen LogP contribution in [0.2, 0.25) is 0 Å². The van der Waals surface area contributed by atoms with Crippen LogP contribution in [0.5, 0.6) is 0 Å². The summed E-state index contributed by atoms with van der Waals surface area (Å²) in [7, 11) is 0. The number of nitrogens with one attached hydrogen (secondary N) is 1. The summed E-state index contributed by atoms with van der Waals surface area (Å²) in [6, 6.07) is 4.28. The maximum Gasteiger partial charge on any atom is 0.416 e. The molecule has 0 aliphatic carbocycles. The molecule has 2 rings (SSSR count). The Balaban J connectivity index is 2.80. The molecule has 7 heteroatoms. The Morgan fingerprint density at radius 2 is 1.88 bits per heavy atom. The molecule has 0 radical (unpaired) electrons. The van der Waals surface area contributed by atoms with E-state index in [1.165, 1.54) is 19.1 Å². The number of benzene rings is 1. The predicted molar refractivity (Wildman–Crippen MR) is 83.3 cm³/mol. The number of aromatic amines is 1. The molecule has 0 spiro atoms. The van der Waals surface area contributed by atoms with E-state index in [0.29, 0.717) is 5.69 Å². The summed E-state index contributed by atoms with van der Waals surface area (Å²) in [5.74, 6) is -1.66. The van der Waals surface area contributed by atoms with Crippen molar-refractivity contribution in [3.05, 3.63) is 57.0 Å². The first-order valence-electron chi connectivity index (χ1n) is 7.21. The number of aromatic carboxylic acids is 1. The lowest BCUT2D eigenvalue weighted by Crippen LogP contribution is -2.23. The van der Waals surface area contributed by atoms with E-state index in [0.717, 1.165) is 12.1 Å². The number of aryl methyl sites for hydroxylation is 1. The zero-order valence-corrected chi connectivity index (χ0v) is 13.3. The summed E-state index contributed by atoms with van der Waals surface area (Å²) in [5, 5.41) is 9.34. The largest absolute Gasteiger partial charge is 0.477 e. The van der Waals surface area contributed by atoms with Crippen LogP contribution in [0.3, 0.4) is 0 Å². The molecule has 0 saturated heterocycles. The summed E-state index contributed by atoms with van der Waals surface area (Å²) >= 11 is 0.